The van der Waals surface area contributed by atoms with E-state index < -0.39 is 23.5 Å². The second kappa shape index (κ2) is 7.76. The number of anilines is 1. The quantitative estimate of drug-likeness (QED) is 0.349. The van der Waals surface area contributed by atoms with Crippen LogP contribution in [0.25, 0.3) is 5.76 Å². The van der Waals surface area contributed by atoms with E-state index in [1.807, 2.05) is 0 Å². The maximum atomic E-state index is 13.7. The number of rotatable bonds is 3. The fourth-order valence-electron chi connectivity index (χ4n) is 3.60. The molecule has 1 heterocycles. The van der Waals surface area contributed by atoms with Gasteiger partial charge < -0.3 is 5.11 Å². The summed E-state index contributed by atoms with van der Waals surface area (Å²) >= 11 is 6.01. The smallest absolute Gasteiger partial charge is 0.300 e. The third-order valence-electron chi connectivity index (χ3n) is 5.10. The van der Waals surface area contributed by atoms with Crippen LogP contribution in [-0.2, 0) is 9.59 Å². The van der Waals surface area contributed by atoms with E-state index in [0.717, 1.165) is 0 Å². The van der Waals surface area contributed by atoms with Gasteiger partial charge in [0.25, 0.3) is 11.7 Å². The van der Waals surface area contributed by atoms with Crippen molar-refractivity contribution in [1.82, 2.24) is 0 Å². The fraction of sp³-hybridized carbons (Fsp3) is 0.0833. The molecule has 4 rings (SSSR count). The van der Waals surface area contributed by atoms with Gasteiger partial charge in [-0.25, -0.2) is 4.39 Å². The van der Waals surface area contributed by atoms with Gasteiger partial charge in [-0.2, -0.15) is 0 Å². The van der Waals surface area contributed by atoms with Crippen LogP contribution in [0.4, 0.5) is 10.1 Å². The molecule has 1 amide bonds. The summed E-state index contributed by atoms with van der Waals surface area (Å²) < 4.78 is 13.7. The number of nitrogens with zero attached hydrogens (tertiary/aromatic N) is 1. The average molecular weight is 422 g/mol. The van der Waals surface area contributed by atoms with E-state index in [2.05, 4.69) is 0 Å². The molecule has 1 unspecified atom stereocenters. The number of carbonyl (C=O) groups excluding carboxylic acids is 2. The van der Waals surface area contributed by atoms with E-state index in [1.54, 1.807) is 61.5 Å². The van der Waals surface area contributed by atoms with Crippen LogP contribution in [0.1, 0.15) is 22.7 Å². The summed E-state index contributed by atoms with van der Waals surface area (Å²) in [6.07, 6.45) is 0. The van der Waals surface area contributed by atoms with Crippen molar-refractivity contribution in [2.45, 2.75) is 13.0 Å². The lowest BCUT2D eigenvalue weighted by Crippen LogP contribution is -2.29. The molecule has 1 saturated heterocycles. The predicted molar refractivity (Wildman–Crippen MR) is 114 cm³/mol. The van der Waals surface area contributed by atoms with Gasteiger partial charge in [-0.05, 0) is 60.5 Å². The number of hydrogen-bond acceptors (Lipinski definition) is 3. The van der Waals surface area contributed by atoms with Gasteiger partial charge >= 0.3 is 0 Å². The molecule has 1 aliphatic rings. The molecule has 1 atom stereocenters. The standard InChI is InChI=1S/C24H17ClFNO3/c1-14-13-16(9-12-19(14)26)22(28)20-21(15-7-10-17(25)11-8-15)27(24(30)23(20)29)18-5-3-2-4-6-18/h2-13,21,28H,1H3/b22-20-. The average Bonchev–Trinajstić information content (AvgIpc) is 3.01. The van der Waals surface area contributed by atoms with Crippen molar-refractivity contribution < 1.29 is 19.1 Å². The number of aliphatic hydroxyl groups excluding tert-OH is 1. The summed E-state index contributed by atoms with van der Waals surface area (Å²) in [6, 6.07) is 18.7. The lowest BCUT2D eigenvalue weighted by Gasteiger charge is -2.25. The van der Waals surface area contributed by atoms with Gasteiger partial charge in [0.05, 0.1) is 11.6 Å². The zero-order chi connectivity index (χ0) is 21.4. The first-order valence-electron chi connectivity index (χ1n) is 9.26. The van der Waals surface area contributed by atoms with Gasteiger partial charge in [0.1, 0.15) is 11.6 Å². The van der Waals surface area contributed by atoms with Crippen LogP contribution >= 0.6 is 11.6 Å². The van der Waals surface area contributed by atoms with Gasteiger partial charge in [0.15, 0.2) is 0 Å². The van der Waals surface area contributed by atoms with Crippen molar-refractivity contribution >= 4 is 34.7 Å². The Hall–Kier alpha value is -3.44. The predicted octanol–water partition coefficient (Wildman–Crippen LogP) is 5.41. The van der Waals surface area contributed by atoms with Crippen molar-refractivity contribution in [3.05, 3.63) is 106 Å². The Morgan fingerprint density at radius 2 is 1.67 bits per heavy atom. The number of aryl methyl sites for hydroxylation is 1. The second-order valence-electron chi connectivity index (χ2n) is 7.02. The highest BCUT2D eigenvalue weighted by Gasteiger charge is 2.46. The molecule has 1 fully saturated rings. The molecule has 0 spiro atoms. The number of Topliss-reactive ketones (excluding diaryl/α,β-unsaturated/α-hetero) is 1. The number of amides is 1. The molecular weight excluding hydrogens is 405 g/mol. The number of ketones is 1. The summed E-state index contributed by atoms with van der Waals surface area (Å²) in [7, 11) is 0. The van der Waals surface area contributed by atoms with E-state index in [0.29, 0.717) is 21.8 Å². The Labute approximate surface area is 177 Å². The number of aliphatic hydroxyl groups is 1. The highest BCUT2D eigenvalue weighted by Crippen LogP contribution is 2.42. The third-order valence-corrected chi connectivity index (χ3v) is 5.35. The summed E-state index contributed by atoms with van der Waals surface area (Å²) in [5, 5.41) is 11.5. The van der Waals surface area contributed by atoms with E-state index in [4.69, 9.17) is 11.6 Å². The number of halogens is 2. The highest BCUT2D eigenvalue weighted by molar-refractivity contribution is 6.51. The summed E-state index contributed by atoms with van der Waals surface area (Å²) in [4.78, 5) is 27.3. The first kappa shape index (κ1) is 19.9. The Morgan fingerprint density at radius 3 is 2.30 bits per heavy atom. The van der Waals surface area contributed by atoms with E-state index in [9.17, 15) is 19.1 Å². The fourth-order valence-corrected chi connectivity index (χ4v) is 3.72. The molecule has 0 aliphatic carbocycles. The lowest BCUT2D eigenvalue weighted by molar-refractivity contribution is -0.132. The van der Waals surface area contributed by atoms with E-state index in [1.165, 1.54) is 23.1 Å². The Kier molecular flexibility index (Phi) is 5.14. The molecule has 0 radical (unpaired) electrons. The van der Waals surface area contributed by atoms with Crippen molar-refractivity contribution in [3.8, 4) is 0 Å². The van der Waals surface area contributed by atoms with Gasteiger partial charge in [-0.3, -0.25) is 14.5 Å². The molecule has 150 valence electrons. The van der Waals surface area contributed by atoms with Crippen molar-refractivity contribution in [2.75, 3.05) is 4.90 Å². The van der Waals surface area contributed by atoms with Crippen LogP contribution in [0.5, 0.6) is 0 Å². The number of hydrogen-bond donors (Lipinski definition) is 1. The van der Waals surface area contributed by atoms with Gasteiger partial charge in [0.2, 0.25) is 0 Å². The van der Waals surface area contributed by atoms with Crippen LogP contribution < -0.4 is 4.90 Å². The normalized spacial score (nSPS) is 18.1. The van der Waals surface area contributed by atoms with Crippen LogP contribution in [-0.4, -0.2) is 16.8 Å². The maximum absolute atomic E-state index is 13.7. The molecule has 0 aromatic heterocycles. The molecule has 6 heteroatoms. The van der Waals surface area contributed by atoms with Crippen LogP contribution in [0.2, 0.25) is 5.02 Å². The zero-order valence-corrected chi connectivity index (χ0v) is 16.7. The van der Waals surface area contributed by atoms with E-state index >= 15 is 0 Å². The van der Waals surface area contributed by atoms with Gasteiger partial charge in [-0.15, -0.1) is 0 Å². The Bertz CT molecular complexity index is 1170. The van der Waals surface area contributed by atoms with Crippen molar-refractivity contribution in [2.24, 2.45) is 0 Å². The molecule has 0 saturated carbocycles. The Balaban J connectivity index is 1.95. The van der Waals surface area contributed by atoms with Gasteiger partial charge in [-0.1, -0.05) is 41.9 Å². The number of benzene rings is 3. The topological polar surface area (TPSA) is 57.6 Å². The Morgan fingerprint density at radius 1 is 1.00 bits per heavy atom. The van der Waals surface area contributed by atoms with Crippen LogP contribution in [0.3, 0.4) is 0 Å². The minimum absolute atomic E-state index is 0.0582. The number of carbonyl (C=O) groups is 2. The van der Waals surface area contributed by atoms with Gasteiger partial charge in [0, 0.05) is 16.3 Å². The summed E-state index contributed by atoms with van der Waals surface area (Å²) in [5.41, 5.74) is 1.66. The summed E-state index contributed by atoms with van der Waals surface area (Å²) in [5.74, 6) is -2.33. The minimum atomic E-state index is -0.852. The zero-order valence-electron chi connectivity index (χ0n) is 16.0. The third kappa shape index (κ3) is 3.37. The molecule has 3 aromatic carbocycles. The molecule has 0 bridgehead atoms. The first-order valence-corrected chi connectivity index (χ1v) is 9.64. The molecule has 4 nitrogen and oxygen atoms in total. The molecule has 30 heavy (non-hydrogen) atoms. The van der Waals surface area contributed by atoms with E-state index in [-0.39, 0.29) is 16.9 Å². The molecule has 1 aliphatic heterocycles. The SMILES string of the molecule is Cc1cc(/C(O)=C2/C(=O)C(=O)N(c3ccccc3)C2c2ccc(Cl)cc2)ccc1F. The van der Waals surface area contributed by atoms with Crippen molar-refractivity contribution in [3.63, 3.8) is 0 Å². The maximum Gasteiger partial charge on any atom is 0.300 e. The van der Waals surface area contributed by atoms with Crippen LogP contribution in [0.15, 0.2) is 78.4 Å². The lowest BCUT2D eigenvalue weighted by atomic mass is 9.94. The molecule has 1 N–H and O–H groups in total. The van der Waals surface area contributed by atoms with Crippen LogP contribution in [0, 0.1) is 12.7 Å². The monoisotopic (exact) mass is 421 g/mol. The largest absolute Gasteiger partial charge is 0.507 e. The highest BCUT2D eigenvalue weighted by atomic mass is 35.5. The minimum Gasteiger partial charge on any atom is -0.507 e. The second-order valence-corrected chi connectivity index (χ2v) is 7.46. The number of para-hydroxylation sites is 1. The summed E-state index contributed by atoms with van der Waals surface area (Å²) in [6.45, 7) is 1.56. The molecule has 3 aromatic rings. The first-order chi connectivity index (χ1) is 14.4. The van der Waals surface area contributed by atoms with Crippen molar-refractivity contribution in [1.29, 1.82) is 0 Å². The molecular formula is C24H17ClFNO3.